The summed E-state index contributed by atoms with van der Waals surface area (Å²) in [5, 5.41) is 4.14. The van der Waals surface area contributed by atoms with E-state index in [2.05, 4.69) is 15.1 Å². The van der Waals surface area contributed by atoms with Crippen molar-refractivity contribution in [3.05, 3.63) is 65.6 Å². The number of carbonyl (C=O) groups excluding carboxylic acids is 2. The Labute approximate surface area is 166 Å². The second-order valence-electron chi connectivity index (χ2n) is 6.90. The van der Waals surface area contributed by atoms with Crippen molar-refractivity contribution in [2.24, 2.45) is 0 Å². The fourth-order valence-corrected chi connectivity index (χ4v) is 3.47. The van der Waals surface area contributed by atoms with Crippen LogP contribution in [0.1, 0.15) is 39.4 Å². The maximum absolute atomic E-state index is 13.5. The third-order valence-corrected chi connectivity index (χ3v) is 4.94. The topological polar surface area (TPSA) is 107 Å². The number of anilines is 1. The van der Waals surface area contributed by atoms with Gasteiger partial charge in [-0.2, -0.15) is 5.10 Å². The SMILES string of the molecule is Cc1cnc(C(=O)N2CCCC2C(=O)c2cnn(-c3cccc(F)c3)c2N)cn1. The van der Waals surface area contributed by atoms with Gasteiger partial charge in [-0.05, 0) is 38.0 Å². The summed E-state index contributed by atoms with van der Waals surface area (Å²) in [6, 6.07) is 5.11. The molecule has 9 heteroatoms. The highest BCUT2D eigenvalue weighted by Gasteiger charge is 2.37. The molecule has 0 spiro atoms. The lowest BCUT2D eigenvalue weighted by Crippen LogP contribution is -2.41. The normalized spacial score (nSPS) is 16.2. The number of likely N-dealkylation sites (tertiary alicyclic amines) is 1. The van der Waals surface area contributed by atoms with E-state index in [0.717, 1.165) is 0 Å². The number of amides is 1. The van der Waals surface area contributed by atoms with Crippen molar-refractivity contribution in [3.63, 3.8) is 0 Å². The van der Waals surface area contributed by atoms with Crippen molar-refractivity contribution < 1.29 is 14.0 Å². The van der Waals surface area contributed by atoms with Gasteiger partial charge in [-0.3, -0.25) is 14.6 Å². The van der Waals surface area contributed by atoms with E-state index in [1.165, 1.54) is 46.4 Å². The zero-order valence-electron chi connectivity index (χ0n) is 15.7. The first kappa shape index (κ1) is 18.7. The van der Waals surface area contributed by atoms with Crippen LogP contribution < -0.4 is 5.73 Å². The molecule has 2 N–H and O–H groups in total. The Balaban J connectivity index is 1.60. The minimum atomic E-state index is -0.655. The molecular formula is C20H19FN6O2. The van der Waals surface area contributed by atoms with Gasteiger partial charge < -0.3 is 10.6 Å². The number of hydrogen-bond donors (Lipinski definition) is 1. The second-order valence-corrected chi connectivity index (χ2v) is 6.90. The number of nitrogen functional groups attached to an aromatic ring is 1. The van der Waals surface area contributed by atoms with Gasteiger partial charge in [-0.25, -0.2) is 14.1 Å². The number of halogens is 1. The molecule has 4 rings (SSSR count). The molecule has 0 aliphatic carbocycles. The van der Waals surface area contributed by atoms with Gasteiger partial charge in [-0.1, -0.05) is 6.07 Å². The van der Waals surface area contributed by atoms with E-state index >= 15 is 0 Å². The van der Waals surface area contributed by atoms with Gasteiger partial charge in [0.15, 0.2) is 5.78 Å². The Morgan fingerprint density at radius 2 is 2.03 bits per heavy atom. The van der Waals surface area contributed by atoms with E-state index in [1.54, 1.807) is 13.0 Å². The highest BCUT2D eigenvalue weighted by atomic mass is 19.1. The van der Waals surface area contributed by atoms with Crippen LogP contribution in [0.3, 0.4) is 0 Å². The highest BCUT2D eigenvalue weighted by Crippen LogP contribution is 2.26. The number of aryl methyl sites for hydroxylation is 1. The highest BCUT2D eigenvalue weighted by molar-refractivity contribution is 6.06. The summed E-state index contributed by atoms with van der Waals surface area (Å²) in [5.41, 5.74) is 7.65. The first-order valence-corrected chi connectivity index (χ1v) is 9.19. The predicted octanol–water partition coefficient (Wildman–Crippen LogP) is 2.18. The van der Waals surface area contributed by atoms with E-state index in [9.17, 15) is 14.0 Å². The van der Waals surface area contributed by atoms with Crippen LogP contribution in [0, 0.1) is 12.7 Å². The van der Waals surface area contributed by atoms with Gasteiger partial charge in [0.2, 0.25) is 0 Å². The summed E-state index contributed by atoms with van der Waals surface area (Å²) in [6.45, 7) is 2.23. The molecule has 0 radical (unpaired) electrons. The molecule has 3 heterocycles. The fraction of sp³-hybridized carbons (Fsp3) is 0.250. The number of benzene rings is 1. The largest absolute Gasteiger partial charge is 0.383 e. The number of aromatic nitrogens is 4. The van der Waals surface area contributed by atoms with Crippen LogP contribution >= 0.6 is 0 Å². The number of nitrogens with two attached hydrogens (primary N) is 1. The smallest absolute Gasteiger partial charge is 0.274 e. The molecule has 1 aromatic carbocycles. The Bertz CT molecular complexity index is 1080. The van der Waals surface area contributed by atoms with Crippen LogP contribution in [-0.2, 0) is 0 Å². The molecule has 29 heavy (non-hydrogen) atoms. The van der Waals surface area contributed by atoms with Crippen LogP contribution in [0.2, 0.25) is 0 Å². The van der Waals surface area contributed by atoms with Crippen LogP contribution in [0.5, 0.6) is 0 Å². The lowest BCUT2D eigenvalue weighted by atomic mass is 10.0. The maximum atomic E-state index is 13.5. The van der Waals surface area contributed by atoms with E-state index in [1.807, 2.05) is 0 Å². The third kappa shape index (κ3) is 3.46. The Morgan fingerprint density at radius 1 is 1.21 bits per heavy atom. The van der Waals surface area contributed by atoms with Gasteiger partial charge in [0.1, 0.15) is 17.3 Å². The first-order valence-electron chi connectivity index (χ1n) is 9.19. The number of rotatable bonds is 4. The predicted molar refractivity (Wildman–Crippen MR) is 103 cm³/mol. The van der Waals surface area contributed by atoms with Crippen LogP contribution in [0.25, 0.3) is 5.69 Å². The van der Waals surface area contributed by atoms with Gasteiger partial charge in [-0.15, -0.1) is 0 Å². The molecule has 8 nitrogen and oxygen atoms in total. The van der Waals surface area contributed by atoms with Crippen LogP contribution in [-0.4, -0.2) is 48.9 Å². The Morgan fingerprint density at radius 3 is 2.76 bits per heavy atom. The van der Waals surface area contributed by atoms with Gasteiger partial charge in [0.05, 0.1) is 35.4 Å². The lowest BCUT2D eigenvalue weighted by Gasteiger charge is -2.23. The van der Waals surface area contributed by atoms with E-state index < -0.39 is 11.9 Å². The van der Waals surface area contributed by atoms with Crippen molar-refractivity contribution in [1.82, 2.24) is 24.6 Å². The number of carbonyl (C=O) groups is 2. The van der Waals surface area contributed by atoms with Crippen molar-refractivity contribution in [2.75, 3.05) is 12.3 Å². The zero-order valence-corrected chi connectivity index (χ0v) is 15.7. The second kappa shape index (κ2) is 7.42. The van der Waals surface area contributed by atoms with Crippen molar-refractivity contribution in [3.8, 4) is 5.69 Å². The standard InChI is InChI=1S/C20H19FN6O2/c1-12-9-24-16(11-23-12)20(29)26-7-3-6-17(26)18(28)15-10-25-27(19(15)22)14-5-2-4-13(21)8-14/h2,4-5,8-11,17H,3,6-7,22H2,1H3. The van der Waals surface area contributed by atoms with Crippen molar-refractivity contribution >= 4 is 17.5 Å². The summed E-state index contributed by atoms with van der Waals surface area (Å²) in [6.07, 6.45) is 5.50. The Hall–Kier alpha value is -3.62. The number of ketones is 1. The summed E-state index contributed by atoms with van der Waals surface area (Å²) in [7, 11) is 0. The third-order valence-electron chi connectivity index (χ3n) is 4.94. The van der Waals surface area contributed by atoms with Crippen LogP contribution in [0.4, 0.5) is 10.2 Å². The van der Waals surface area contributed by atoms with E-state index in [0.29, 0.717) is 30.8 Å². The molecule has 1 aliphatic heterocycles. The summed E-state index contributed by atoms with van der Waals surface area (Å²) >= 11 is 0. The molecule has 148 valence electrons. The van der Waals surface area contributed by atoms with Crippen molar-refractivity contribution in [2.45, 2.75) is 25.8 Å². The van der Waals surface area contributed by atoms with Gasteiger partial charge >= 0.3 is 0 Å². The summed E-state index contributed by atoms with van der Waals surface area (Å²) < 4.78 is 14.8. The number of Topliss-reactive ketones (excluding diaryl/α,β-unsaturated/α-hetero) is 1. The Kier molecular flexibility index (Phi) is 4.79. The maximum Gasteiger partial charge on any atom is 0.274 e. The fourth-order valence-electron chi connectivity index (χ4n) is 3.47. The van der Waals surface area contributed by atoms with E-state index in [4.69, 9.17) is 5.73 Å². The molecule has 0 saturated carbocycles. The molecule has 0 bridgehead atoms. The molecule has 1 fully saturated rings. The molecule has 1 atom stereocenters. The molecule has 1 unspecified atom stereocenters. The molecule has 3 aromatic rings. The summed E-state index contributed by atoms with van der Waals surface area (Å²) in [5.74, 6) is -0.965. The first-order chi connectivity index (χ1) is 14.0. The molecular weight excluding hydrogens is 375 g/mol. The minimum Gasteiger partial charge on any atom is -0.383 e. The monoisotopic (exact) mass is 394 g/mol. The zero-order chi connectivity index (χ0) is 20.5. The average molecular weight is 394 g/mol. The average Bonchev–Trinajstić information content (AvgIpc) is 3.34. The summed E-state index contributed by atoms with van der Waals surface area (Å²) in [4.78, 5) is 35.7. The quantitative estimate of drug-likeness (QED) is 0.680. The van der Waals surface area contributed by atoms with Crippen LogP contribution in [0.15, 0.2) is 42.9 Å². The molecule has 1 amide bonds. The number of hydrogen-bond acceptors (Lipinski definition) is 6. The minimum absolute atomic E-state index is 0.107. The van der Waals surface area contributed by atoms with E-state index in [-0.39, 0.29) is 28.8 Å². The van der Waals surface area contributed by atoms with Gasteiger partial charge in [0.25, 0.3) is 5.91 Å². The van der Waals surface area contributed by atoms with Gasteiger partial charge in [0, 0.05) is 12.7 Å². The molecule has 2 aromatic heterocycles. The molecule has 1 aliphatic rings. The molecule has 1 saturated heterocycles. The lowest BCUT2D eigenvalue weighted by molar-refractivity contribution is 0.0667. The van der Waals surface area contributed by atoms with Crippen molar-refractivity contribution in [1.29, 1.82) is 0 Å². The number of nitrogens with zero attached hydrogens (tertiary/aromatic N) is 5.